The minimum absolute atomic E-state index is 0.0429. The Kier molecular flexibility index (Phi) is 9.09. The molecule has 1 aliphatic rings. The van der Waals surface area contributed by atoms with Gasteiger partial charge in [-0.1, -0.05) is 39.3 Å². The SMILES string of the molecule is CCC(=O)CC(CCCCN1C(=O)CC(C)C1=O)C(=O)NC(=O)c1ccc(CC)cc1. The van der Waals surface area contributed by atoms with E-state index in [1.807, 2.05) is 19.1 Å². The lowest BCUT2D eigenvalue weighted by atomic mass is 9.94. The maximum absolute atomic E-state index is 12.7. The van der Waals surface area contributed by atoms with Crippen LogP contribution in [-0.4, -0.2) is 40.9 Å². The Balaban J connectivity index is 1.91. The van der Waals surface area contributed by atoms with Crippen LogP contribution in [0.3, 0.4) is 0 Å². The summed E-state index contributed by atoms with van der Waals surface area (Å²) in [5.74, 6) is -2.19. The van der Waals surface area contributed by atoms with E-state index in [2.05, 4.69) is 5.32 Å². The topological polar surface area (TPSA) is 101 Å². The molecule has 1 heterocycles. The molecule has 1 aliphatic heterocycles. The van der Waals surface area contributed by atoms with Crippen LogP contribution in [0.5, 0.6) is 0 Å². The fourth-order valence-corrected chi connectivity index (χ4v) is 3.67. The largest absolute Gasteiger partial charge is 0.300 e. The quantitative estimate of drug-likeness (QED) is 0.431. The number of hydrogen-bond acceptors (Lipinski definition) is 5. The van der Waals surface area contributed by atoms with E-state index in [1.54, 1.807) is 26.0 Å². The Hall–Kier alpha value is -2.83. The number of likely N-dealkylation sites (tertiary alicyclic amines) is 1. The van der Waals surface area contributed by atoms with Crippen LogP contribution in [0.2, 0.25) is 0 Å². The highest BCUT2D eigenvalue weighted by Gasteiger charge is 2.35. The normalized spacial score (nSPS) is 17.0. The molecule has 7 nitrogen and oxygen atoms in total. The molecule has 2 atom stereocenters. The first-order valence-electron chi connectivity index (χ1n) is 11.1. The molecular formula is C24H32N2O5. The highest BCUT2D eigenvalue weighted by molar-refractivity contribution is 6.06. The number of benzene rings is 1. The van der Waals surface area contributed by atoms with Crippen molar-refractivity contribution in [2.75, 3.05) is 6.54 Å². The fraction of sp³-hybridized carbons (Fsp3) is 0.542. The van der Waals surface area contributed by atoms with Crippen LogP contribution in [0.1, 0.15) is 75.2 Å². The third kappa shape index (κ3) is 6.84. The molecule has 2 rings (SSSR count). The summed E-state index contributed by atoms with van der Waals surface area (Å²) in [6.07, 6.45) is 3.03. The zero-order valence-electron chi connectivity index (χ0n) is 18.6. The number of imide groups is 2. The molecule has 0 saturated carbocycles. The smallest absolute Gasteiger partial charge is 0.257 e. The van der Waals surface area contributed by atoms with Crippen LogP contribution in [0.4, 0.5) is 0 Å². The summed E-state index contributed by atoms with van der Waals surface area (Å²) in [6.45, 7) is 5.82. The van der Waals surface area contributed by atoms with E-state index >= 15 is 0 Å². The standard InChI is InChI=1S/C24H32N2O5/c1-4-17-9-11-18(12-10-17)22(29)25-23(30)19(15-20(27)5-2)8-6-7-13-26-21(28)14-16(3)24(26)31/h9-12,16,19H,4-8,13-15H2,1-3H3,(H,25,29,30). The minimum Gasteiger partial charge on any atom is -0.300 e. The molecule has 0 bridgehead atoms. The number of Topliss-reactive ketones (excluding diaryl/α,β-unsaturated/α-hetero) is 1. The van der Waals surface area contributed by atoms with Crippen LogP contribution in [-0.2, 0) is 25.6 Å². The molecular weight excluding hydrogens is 396 g/mol. The molecule has 1 fully saturated rings. The first-order valence-corrected chi connectivity index (χ1v) is 11.1. The summed E-state index contributed by atoms with van der Waals surface area (Å²) >= 11 is 0. The van der Waals surface area contributed by atoms with Crippen LogP contribution in [0, 0.1) is 11.8 Å². The van der Waals surface area contributed by atoms with Gasteiger partial charge in [-0.3, -0.25) is 34.2 Å². The fourth-order valence-electron chi connectivity index (χ4n) is 3.67. The Morgan fingerprint density at radius 1 is 1.10 bits per heavy atom. The van der Waals surface area contributed by atoms with Crippen molar-refractivity contribution < 1.29 is 24.0 Å². The molecule has 1 aromatic carbocycles. The van der Waals surface area contributed by atoms with Gasteiger partial charge in [0.15, 0.2) is 0 Å². The second-order valence-electron chi connectivity index (χ2n) is 8.15. The van der Waals surface area contributed by atoms with Gasteiger partial charge in [-0.05, 0) is 37.0 Å². The van der Waals surface area contributed by atoms with E-state index < -0.39 is 17.7 Å². The van der Waals surface area contributed by atoms with Gasteiger partial charge < -0.3 is 0 Å². The Bertz CT molecular complexity index is 831. The maximum atomic E-state index is 12.7. The molecule has 1 N–H and O–H groups in total. The van der Waals surface area contributed by atoms with Gasteiger partial charge in [0.25, 0.3) is 5.91 Å². The van der Waals surface area contributed by atoms with Crippen LogP contribution >= 0.6 is 0 Å². The molecule has 2 unspecified atom stereocenters. The predicted molar refractivity (Wildman–Crippen MR) is 116 cm³/mol. The van der Waals surface area contributed by atoms with Gasteiger partial charge >= 0.3 is 0 Å². The van der Waals surface area contributed by atoms with E-state index in [9.17, 15) is 24.0 Å². The summed E-state index contributed by atoms with van der Waals surface area (Å²) in [7, 11) is 0. The average Bonchev–Trinajstić information content (AvgIpc) is 3.01. The van der Waals surface area contributed by atoms with Crippen LogP contribution < -0.4 is 5.32 Å². The molecule has 0 spiro atoms. The molecule has 4 amide bonds. The number of hydrogen-bond donors (Lipinski definition) is 1. The van der Waals surface area contributed by atoms with Crippen molar-refractivity contribution in [3.8, 4) is 0 Å². The lowest BCUT2D eigenvalue weighted by molar-refractivity contribution is -0.139. The van der Waals surface area contributed by atoms with Crippen molar-refractivity contribution in [1.82, 2.24) is 10.2 Å². The number of nitrogens with one attached hydrogen (secondary N) is 1. The van der Waals surface area contributed by atoms with Gasteiger partial charge in [0.1, 0.15) is 5.78 Å². The van der Waals surface area contributed by atoms with Crippen molar-refractivity contribution >= 4 is 29.4 Å². The summed E-state index contributed by atoms with van der Waals surface area (Å²) < 4.78 is 0. The zero-order chi connectivity index (χ0) is 23.0. The number of rotatable bonds is 11. The van der Waals surface area contributed by atoms with Crippen molar-refractivity contribution in [3.05, 3.63) is 35.4 Å². The third-order valence-corrected chi connectivity index (χ3v) is 5.75. The minimum atomic E-state index is -0.616. The van der Waals surface area contributed by atoms with E-state index in [1.165, 1.54) is 4.90 Å². The number of aryl methyl sites for hydroxylation is 1. The average molecular weight is 429 g/mol. The van der Waals surface area contributed by atoms with E-state index in [0.717, 1.165) is 12.0 Å². The number of nitrogens with zero attached hydrogens (tertiary/aromatic N) is 1. The molecule has 1 aromatic rings. The molecule has 7 heteroatoms. The lowest BCUT2D eigenvalue weighted by Gasteiger charge is -2.17. The molecule has 0 aromatic heterocycles. The van der Waals surface area contributed by atoms with Gasteiger partial charge in [0, 0.05) is 43.2 Å². The third-order valence-electron chi connectivity index (χ3n) is 5.75. The number of carbonyl (C=O) groups is 5. The van der Waals surface area contributed by atoms with Crippen molar-refractivity contribution in [2.24, 2.45) is 11.8 Å². The summed E-state index contributed by atoms with van der Waals surface area (Å²) in [5.41, 5.74) is 1.49. The first-order chi connectivity index (χ1) is 14.8. The number of unbranched alkanes of at least 4 members (excludes halogenated alkanes) is 1. The van der Waals surface area contributed by atoms with E-state index in [-0.39, 0.29) is 36.4 Å². The lowest BCUT2D eigenvalue weighted by Crippen LogP contribution is -2.37. The zero-order valence-corrected chi connectivity index (χ0v) is 18.6. The molecule has 0 aliphatic carbocycles. The Morgan fingerprint density at radius 3 is 2.32 bits per heavy atom. The highest BCUT2D eigenvalue weighted by Crippen LogP contribution is 2.21. The number of carbonyl (C=O) groups excluding carboxylic acids is 5. The monoisotopic (exact) mass is 428 g/mol. The summed E-state index contributed by atoms with van der Waals surface area (Å²) in [5, 5.41) is 2.42. The van der Waals surface area contributed by atoms with E-state index in [0.29, 0.717) is 37.8 Å². The second-order valence-corrected chi connectivity index (χ2v) is 8.15. The van der Waals surface area contributed by atoms with E-state index in [4.69, 9.17) is 0 Å². The first kappa shape index (κ1) is 24.4. The summed E-state index contributed by atoms with van der Waals surface area (Å²) in [6, 6.07) is 7.05. The molecule has 1 saturated heterocycles. The Morgan fingerprint density at radius 2 is 1.77 bits per heavy atom. The van der Waals surface area contributed by atoms with Gasteiger partial charge in [-0.25, -0.2) is 0 Å². The number of amides is 4. The van der Waals surface area contributed by atoms with Gasteiger partial charge in [0.2, 0.25) is 17.7 Å². The second kappa shape index (κ2) is 11.5. The Labute approximate surface area is 183 Å². The summed E-state index contributed by atoms with van der Waals surface area (Å²) in [4.78, 5) is 62.2. The number of ketones is 1. The molecule has 31 heavy (non-hydrogen) atoms. The maximum Gasteiger partial charge on any atom is 0.257 e. The highest BCUT2D eigenvalue weighted by atomic mass is 16.2. The van der Waals surface area contributed by atoms with Crippen molar-refractivity contribution in [3.63, 3.8) is 0 Å². The molecule has 168 valence electrons. The predicted octanol–water partition coefficient (Wildman–Crippen LogP) is 3.06. The van der Waals surface area contributed by atoms with Gasteiger partial charge in [-0.15, -0.1) is 0 Å². The van der Waals surface area contributed by atoms with Crippen LogP contribution in [0.25, 0.3) is 0 Å². The van der Waals surface area contributed by atoms with Gasteiger partial charge in [0.05, 0.1) is 0 Å². The molecule has 0 radical (unpaired) electrons. The van der Waals surface area contributed by atoms with Crippen molar-refractivity contribution in [1.29, 1.82) is 0 Å². The van der Waals surface area contributed by atoms with Crippen LogP contribution in [0.15, 0.2) is 24.3 Å². The van der Waals surface area contributed by atoms with Gasteiger partial charge in [-0.2, -0.15) is 0 Å². The van der Waals surface area contributed by atoms with Crippen molar-refractivity contribution in [2.45, 2.75) is 65.7 Å².